The second-order valence-corrected chi connectivity index (χ2v) is 16.7. The van der Waals surface area contributed by atoms with E-state index in [9.17, 15) is 0 Å². The molecule has 0 aliphatic heterocycles. The van der Waals surface area contributed by atoms with E-state index in [4.69, 9.17) is 4.42 Å². The van der Waals surface area contributed by atoms with Crippen molar-refractivity contribution < 1.29 is 4.42 Å². The average molecular weight is 667 g/mol. The number of para-hydroxylation sites is 1. The number of benzene rings is 7. The van der Waals surface area contributed by atoms with Crippen LogP contribution in [0.5, 0.6) is 0 Å². The van der Waals surface area contributed by atoms with E-state index in [0.717, 1.165) is 34.8 Å². The van der Waals surface area contributed by atoms with Crippen LogP contribution in [-0.2, 0) is 5.41 Å². The number of rotatable bonds is 2. The first-order chi connectivity index (χ1) is 25.8. The lowest BCUT2D eigenvalue weighted by atomic mass is 9.42. The Kier molecular flexibility index (Phi) is 5.39. The van der Waals surface area contributed by atoms with Crippen LogP contribution >= 0.6 is 0 Å². The van der Waals surface area contributed by atoms with Crippen molar-refractivity contribution in [2.45, 2.75) is 43.4 Å². The fraction of sp³-hybridized carbons (Fsp3) is 0.216. The van der Waals surface area contributed by atoms with Crippen LogP contribution in [0.1, 0.15) is 54.7 Å². The molecule has 1 spiro atoms. The Morgan fingerprint density at radius 2 is 1.12 bits per heavy atom. The topological polar surface area (TPSA) is 13.1 Å². The minimum absolute atomic E-state index is 0.115. The first-order valence-corrected chi connectivity index (χ1v) is 19.6. The van der Waals surface area contributed by atoms with E-state index in [1.54, 1.807) is 16.7 Å². The average Bonchev–Trinajstić information content (AvgIpc) is 3.86. The summed E-state index contributed by atoms with van der Waals surface area (Å²) in [6.07, 6.45) is 12.2. The van der Waals surface area contributed by atoms with Gasteiger partial charge in [0.15, 0.2) is 0 Å². The Morgan fingerprint density at radius 1 is 0.500 bits per heavy atom. The molecule has 8 aromatic rings. The quantitative estimate of drug-likeness (QED) is 0.167. The van der Waals surface area contributed by atoms with Crippen molar-refractivity contribution in [3.8, 4) is 11.1 Å². The third-order valence-corrected chi connectivity index (χ3v) is 14.5. The molecule has 7 aromatic carbocycles. The Labute approximate surface area is 303 Å². The molecule has 4 saturated carbocycles. The van der Waals surface area contributed by atoms with Gasteiger partial charge in [0.2, 0.25) is 0 Å². The van der Waals surface area contributed by atoms with Gasteiger partial charge in [-0.05, 0) is 145 Å². The monoisotopic (exact) mass is 666 g/mol. The minimum Gasteiger partial charge on any atom is -0.456 e. The van der Waals surface area contributed by atoms with E-state index in [2.05, 4.69) is 140 Å². The highest BCUT2D eigenvalue weighted by Gasteiger charge is 2.64. The van der Waals surface area contributed by atoms with Crippen molar-refractivity contribution in [2.24, 2.45) is 23.7 Å². The highest BCUT2D eigenvalue weighted by Crippen LogP contribution is 2.72. The van der Waals surface area contributed by atoms with Crippen LogP contribution in [0.3, 0.4) is 0 Å². The predicted molar refractivity (Wildman–Crippen MR) is 216 cm³/mol. The van der Waals surface area contributed by atoms with Gasteiger partial charge in [-0.1, -0.05) is 121 Å². The van der Waals surface area contributed by atoms with Gasteiger partial charge in [0.05, 0.1) is 0 Å². The van der Waals surface area contributed by atoms with Crippen molar-refractivity contribution in [2.75, 3.05) is 0 Å². The van der Waals surface area contributed by atoms with Gasteiger partial charge in [0.1, 0.15) is 11.2 Å². The number of hydrogen-bond acceptors (Lipinski definition) is 1. The largest absolute Gasteiger partial charge is 0.456 e. The Morgan fingerprint density at radius 3 is 1.85 bits per heavy atom. The van der Waals surface area contributed by atoms with Crippen LogP contribution < -0.4 is 0 Å². The summed E-state index contributed by atoms with van der Waals surface area (Å²) in [6, 6.07) is 48.0. The lowest BCUT2D eigenvalue weighted by Crippen LogP contribution is -2.56. The third-order valence-electron chi connectivity index (χ3n) is 14.5. The minimum atomic E-state index is 0.115. The van der Waals surface area contributed by atoms with Crippen LogP contribution in [0.15, 0.2) is 150 Å². The molecule has 1 unspecified atom stereocenters. The van der Waals surface area contributed by atoms with Crippen LogP contribution in [0.2, 0.25) is 0 Å². The molecule has 6 aliphatic rings. The normalized spacial score (nSPS) is 27.0. The summed E-state index contributed by atoms with van der Waals surface area (Å²) in [4.78, 5) is 0. The maximum absolute atomic E-state index is 6.45. The summed E-state index contributed by atoms with van der Waals surface area (Å²) >= 11 is 0. The van der Waals surface area contributed by atoms with E-state index in [1.165, 1.54) is 97.5 Å². The molecule has 14 rings (SSSR count). The molecule has 4 fully saturated rings. The maximum Gasteiger partial charge on any atom is 0.136 e. The molecule has 1 nitrogen and oxygen atoms in total. The number of fused-ring (bicyclic) bond motifs is 9. The molecule has 1 atom stereocenters. The number of hydrogen-bond donors (Lipinski definition) is 0. The first kappa shape index (κ1) is 28.2. The zero-order valence-corrected chi connectivity index (χ0v) is 29.1. The molecule has 0 N–H and O–H groups in total. The Bertz CT molecular complexity index is 2850. The van der Waals surface area contributed by atoms with Crippen molar-refractivity contribution in [3.63, 3.8) is 0 Å². The molecule has 0 amide bonds. The van der Waals surface area contributed by atoms with E-state index in [1.807, 2.05) is 0 Å². The van der Waals surface area contributed by atoms with Gasteiger partial charge in [-0.25, -0.2) is 0 Å². The van der Waals surface area contributed by atoms with Gasteiger partial charge < -0.3 is 4.42 Å². The molecular formula is C51H38O. The lowest BCUT2D eigenvalue weighted by molar-refractivity contribution is -0.0434. The van der Waals surface area contributed by atoms with Crippen LogP contribution in [-0.4, -0.2) is 0 Å². The van der Waals surface area contributed by atoms with Gasteiger partial charge >= 0.3 is 0 Å². The van der Waals surface area contributed by atoms with Crippen molar-refractivity contribution in [3.05, 3.63) is 162 Å². The Hall–Kier alpha value is -5.40. The van der Waals surface area contributed by atoms with Gasteiger partial charge in [-0.15, -0.1) is 0 Å². The Balaban J connectivity index is 1.09. The molecule has 4 bridgehead atoms. The zero-order chi connectivity index (χ0) is 33.7. The molecule has 52 heavy (non-hydrogen) atoms. The number of allylic oxidation sites excluding steroid dienone is 4. The van der Waals surface area contributed by atoms with Crippen molar-refractivity contribution in [1.29, 1.82) is 0 Å². The fourth-order valence-electron chi connectivity index (χ4n) is 13.0. The van der Waals surface area contributed by atoms with Gasteiger partial charge in [0.25, 0.3) is 0 Å². The molecule has 0 saturated heterocycles. The second kappa shape index (κ2) is 9.92. The highest BCUT2D eigenvalue weighted by atomic mass is 16.3. The fourth-order valence-corrected chi connectivity index (χ4v) is 13.0. The summed E-state index contributed by atoms with van der Waals surface area (Å²) < 4.78 is 6.45. The van der Waals surface area contributed by atoms with Crippen LogP contribution in [0, 0.1) is 23.7 Å². The SMILES string of the molecule is C1=CC(c2c3ccccc3c(-c3ccc4c(c3)oc3ccccc34)c3ccccc23)C2=C1c1c(ccc3ccccc13)C21C2CC3CC(C2)CC1C3. The second-order valence-electron chi connectivity index (χ2n) is 16.7. The van der Waals surface area contributed by atoms with Gasteiger partial charge in [-0.2, -0.15) is 0 Å². The van der Waals surface area contributed by atoms with E-state index >= 15 is 0 Å². The first-order valence-electron chi connectivity index (χ1n) is 19.6. The van der Waals surface area contributed by atoms with E-state index in [-0.39, 0.29) is 11.3 Å². The molecular weight excluding hydrogens is 629 g/mol. The standard InChI is InChI=1S/C51H38O/c1-2-10-35-31(9-1)18-22-44-49(35)43-21-20-42(50(43)51(44)33-24-29-23-30(26-33)27-34(51)25-29)48-40-14-5-3-12-38(40)47(39-13-4-6-15-41(39)48)32-17-19-37-36-11-7-8-16-45(36)52-46(37)28-32/h1-22,28-30,33-34,42H,23-27H2. The lowest BCUT2D eigenvalue weighted by Gasteiger charge is -2.62. The smallest absolute Gasteiger partial charge is 0.136 e. The predicted octanol–water partition coefficient (Wildman–Crippen LogP) is 13.5. The summed E-state index contributed by atoms with van der Waals surface area (Å²) in [6.45, 7) is 0. The zero-order valence-electron chi connectivity index (χ0n) is 29.1. The molecule has 1 heterocycles. The van der Waals surface area contributed by atoms with Crippen molar-refractivity contribution in [1.82, 2.24) is 0 Å². The van der Waals surface area contributed by atoms with Crippen LogP contribution in [0.25, 0.3) is 71.0 Å². The summed E-state index contributed by atoms with van der Waals surface area (Å²) in [5, 5.41) is 10.6. The summed E-state index contributed by atoms with van der Waals surface area (Å²) in [5.41, 5.74) is 12.5. The highest BCUT2D eigenvalue weighted by molar-refractivity contribution is 6.17. The van der Waals surface area contributed by atoms with Gasteiger partial charge in [-0.3, -0.25) is 0 Å². The maximum atomic E-state index is 6.45. The van der Waals surface area contributed by atoms with Crippen LogP contribution in [0.4, 0.5) is 0 Å². The molecule has 0 radical (unpaired) electrons. The molecule has 6 aliphatic carbocycles. The summed E-state index contributed by atoms with van der Waals surface area (Å²) in [7, 11) is 0. The van der Waals surface area contributed by atoms with E-state index < -0.39 is 0 Å². The summed E-state index contributed by atoms with van der Waals surface area (Å²) in [5.74, 6) is 3.52. The van der Waals surface area contributed by atoms with E-state index in [0.29, 0.717) is 0 Å². The molecule has 1 heteroatoms. The number of furan rings is 1. The van der Waals surface area contributed by atoms with Crippen molar-refractivity contribution >= 4 is 59.8 Å². The molecule has 248 valence electrons. The third kappa shape index (κ3) is 3.41. The molecule has 1 aromatic heterocycles. The van der Waals surface area contributed by atoms with Gasteiger partial charge in [0, 0.05) is 22.1 Å².